The van der Waals surface area contributed by atoms with Gasteiger partial charge in [0.1, 0.15) is 0 Å². The first-order chi connectivity index (χ1) is 9.13. The third kappa shape index (κ3) is 3.19. The zero-order valence-electron chi connectivity index (χ0n) is 11.9. The fourth-order valence-electron chi connectivity index (χ4n) is 2.90. The number of rotatable bonds is 3. The van der Waals surface area contributed by atoms with Crippen molar-refractivity contribution in [1.82, 2.24) is 9.80 Å². The number of carbonyl (C=O) groups excluding carboxylic acids is 2. The first-order valence-corrected chi connectivity index (χ1v) is 7.35. The van der Waals surface area contributed by atoms with Crippen LogP contribution in [0.1, 0.15) is 45.4 Å². The van der Waals surface area contributed by atoms with Crippen LogP contribution in [-0.4, -0.2) is 48.2 Å². The average molecular weight is 268 g/mol. The predicted octanol–water partition coefficient (Wildman–Crippen LogP) is 2.21. The first-order valence-electron chi connectivity index (χ1n) is 7.35. The molecule has 2 amide bonds. The lowest BCUT2D eigenvalue weighted by molar-refractivity contribution is -0.164. The number of esters is 1. The van der Waals surface area contributed by atoms with Gasteiger partial charge in [-0.1, -0.05) is 19.3 Å². The maximum Gasteiger partial charge on any atom is 0.322 e. The number of hydrogen-bond acceptors (Lipinski definition) is 3. The molecule has 2 fully saturated rings. The quantitative estimate of drug-likeness (QED) is 0.737. The summed E-state index contributed by atoms with van der Waals surface area (Å²) < 4.78 is 5.55. The summed E-state index contributed by atoms with van der Waals surface area (Å²) in [6.07, 6.45) is 5.64. The first kappa shape index (κ1) is 14.2. The van der Waals surface area contributed by atoms with Crippen LogP contribution in [-0.2, 0) is 9.53 Å². The molecule has 1 unspecified atom stereocenters. The van der Waals surface area contributed by atoms with Crippen LogP contribution in [0.3, 0.4) is 0 Å². The Bertz CT molecular complexity index is 340. The fraction of sp³-hybridized carbons (Fsp3) is 0.857. The Kier molecular flexibility index (Phi) is 4.66. The highest BCUT2D eigenvalue weighted by atomic mass is 16.6. The molecular weight excluding hydrogens is 244 g/mol. The van der Waals surface area contributed by atoms with Crippen LogP contribution in [0.25, 0.3) is 0 Å². The van der Waals surface area contributed by atoms with Crippen LogP contribution >= 0.6 is 0 Å². The summed E-state index contributed by atoms with van der Waals surface area (Å²) in [7, 11) is 1.71. The maximum absolute atomic E-state index is 12.1. The Morgan fingerprint density at radius 3 is 2.58 bits per heavy atom. The highest BCUT2D eigenvalue weighted by Gasteiger charge is 2.34. The lowest BCUT2D eigenvalue weighted by atomic mass is 9.89. The Morgan fingerprint density at radius 1 is 1.26 bits per heavy atom. The van der Waals surface area contributed by atoms with Crippen LogP contribution in [0.4, 0.5) is 4.79 Å². The van der Waals surface area contributed by atoms with Gasteiger partial charge in [0.15, 0.2) is 6.23 Å². The zero-order valence-corrected chi connectivity index (χ0v) is 11.9. The molecule has 1 saturated heterocycles. The summed E-state index contributed by atoms with van der Waals surface area (Å²) in [5, 5.41) is 0. The van der Waals surface area contributed by atoms with E-state index in [0.29, 0.717) is 19.5 Å². The molecule has 0 bridgehead atoms. The molecule has 0 aromatic rings. The number of hydrogen-bond donors (Lipinski definition) is 0. The summed E-state index contributed by atoms with van der Waals surface area (Å²) in [5.74, 6) is -0.0734. The molecule has 5 heteroatoms. The summed E-state index contributed by atoms with van der Waals surface area (Å²) in [5.41, 5.74) is 0. The van der Waals surface area contributed by atoms with E-state index in [1.165, 1.54) is 6.42 Å². The summed E-state index contributed by atoms with van der Waals surface area (Å²) in [4.78, 5) is 27.4. The molecule has 1 aliphatic heterocycles. The van der Waals surface area contributed by atoms with Gasteiger partial charge in [0.05, 0.1) is 5.92 Å². The van der Waals surface area contributed by atoms with Crippen molar-refractivity contribution < 1.29 is 14.3 Å². The Morgan fingerprint density at radius 2 is 1.95 bits per heavy atom. The van der Waals surface area contributed by atoms with Gasteiger partial charge in [0, 0.05) is 26.6 Å². The van der Waals surface area contributed by atoms with Crippen molar-refractivity contribution in [2.24, 2.45) is 5.92 Å². The average Bonchev–Trinajstić information content (AvgIpc) is 2.45. The molecule has 2 aliphatic rings. The van der Waals surface area contributed by atoms with Crippen molar-refractivity contribution in [2.45, 2.75) is 51.7 Å². The molecule has 1 aliphatic carbocycles. The normalized spacial score (nSPS) is 25.6. The standard InChI is InChI=1S/C14H24N2O3/c1-3-16-10-9-12(15(2)14(16)18)19-13(17)11-7-5-4-6-8-11/h11-12H,3-10H2,1-2H3. The summed E-state index contributed by atoms with van der Waals surface area (Å²) >= 11 is 0. The largest absolute Gasteiger partial charge is 0.441 e. The molecule has 5 nitrogen and oxygen atoms in total. The van der Waals surface area contributed by atoms with E-state index < -0.39 is 0 Å². The zero-order chi connectivity index (χ0) is 13.8. The van der Waals surface area contributed by atoms with Crippen molar-refractivity contribution in [3.63, 3.8) is 0 Å². The number of nitrogens with zero attached hydrogens (tertiary/aromatic N) is 2. The molecule has 108 valence electrons. The third-order valence-electron chi connectivity index (χ3n) is 4.22. The minimum Gasteiger partial charge on any atom is -0.441 e. The van der Waals surface area contributed by atoms with E-state index in [9.17, 15) is 9.59 Å². The lowest BCUT2D eigenvalue weighted by Crippen LogP contribution is -2.54. The highest BCUT2D eigenvalue weighted by molar-refractivity contribution is 5.76. The van der Waals surface area contributed by atoms with Gasteiger partial charge in [-0.05, 0) is 19.8 Å². The van der Waals surface area contributed by atoms with Gasteiger partial charge in [0.25, 0.3) is 0 Å². The monoisotopic (exact) mass is 268 g/mol. The molecule has 0 spiro atoms. The van der Waals surface area contributed by atoms with Gasteiger partial charge in [-0.2, -0.15) is 0 Å². The molecular formula is C14H24N2O3. The second kappa shape index (κ2) is 6.26. The van der Waals surface area contributed by atoms with Crippen molar-refractivity contribution >= 4 is 12.0 Å². The van der Waals surface area contributed by atoms with Crippen molar-refractivity contribution in [1.29, 1.82) is 0 Å². The number of urea groups is 1. The Labute approximate surface area is 114 Å². The number of amides is 2. The molecule has 19 heavy (non-hydrogen) atoms. The van der Waals surface area contributed by atoms with Gasteiger partial charge in [0.2, 0.25) is 0 Å². The van der Waals surface area contributed by atoms with Crippen molar-refractivity contribution in [2.75, 3.05) is 20.1 Å². The fourth-order valence-corrected chi connectivity index (χ4v) is 2.90. The minimum atomic E-state index is -0.385. The van der Waals surface area contributed by atoms with E-state index in [1.54, 1.807) is 16.8 Å². The molecule has 1 atom stereocenters. The number of carbonyl (C=O) groups is 2. The second-order valence-electron chi connectivity index (χ2n) is 5.49. The van der Waals surface area contributed by atoms with Crippen LogP contribution < -0.4 is 0 Å². The van der Waals surface area contributed by atoms with Gasteiger partial charge >= 0.3 is 12.0 Å². The highest BCUT2D eigenvalue weighted by Crippen LogP contribution is 2.26. The van der Waals surface area contributed by atoms with E-state index in [1.807, 2.05) is 6.92 Å². The molecule has 2 rings (SSSR count). The van der Waals surface area contributed by atoms with Crippen molar-refractivity contribution in [3.8, 4) is 0 Å². The lowest BCUT2D eigenvalue weighted by Gasteiger charge is -2.38. The smallest absolute Gasteiger partial charge is 0.322 e. The molecule has 1 heterocycles. The second-order valence-corrected chi connectivity index (χ2v) is 5.49. The molecule has 0 N–H and O–H groups in total. The topological polar surface area (TPSA) is 49.9 Å². The summed E-state index contributed by atoms with van der Waals surface area (Å²) in [6, 6.07) is -0.0461. The van der Waals surface area contributed by atoms with Crippen LogP contribution in [0, 0.1) is 5.92 Å². The number of ether oxygens (including phenoxy) is 1. The van der Waals surface area contributed by atoms with Crippen molar-refractivity contribution in [3.05, 3.63) is 0 Å². The van der Waals surface area contributed by atoms with Crippen LogP contribution in [0.5, 0.6) is 0 Å². The Balaban J connectivity index is 1.88. The minimum absolute atomic E-state index is 0.0430. The molecule has 0 radical (unpaired) electrons. The van der Waals surface area contributed by atoms with Crippen LogP contribution in [0.15, 0.2) is 0 Å². The van der Waals surface area contributed by atoms with Crippen LogP contribution in [0.2, 0.25) is 0 Å². The van der Waals surface area contributed by atoms with E-state index in [2.05, 4.69) is 0 Å². The van der Waals surface area contributed by atoms with E-state index in [-0.39, 0.29) is 24.1 Å². The predicted molar refractivity (Wildman–Crippen MR) is 71.5 cm³/mol. The molecule has 0 aromatic heterocycles. The van der Waals surface area contributed by atoms with E-state index >= 15 is 0 Å². The summed E-state index contributed by atoms with van der Waals surface area (Å²) in [6.45, 7) is 3.33. The third-order valence-corrected chi connectivity index (χ3v) is 4.22. The van der Waals surface area contributed by atoms with E-state index in [0.717, 1.165) is 25.7 Å². The van der Waals surface area contributed by atoms with Gasteiger partial charge in [-0.25, -0.2) is 4.79 Å². The molecule has 0 aromatic carbocycles. The Hall–Kier alpha value is -1.26. The van der Waals surface area contributed by atoms with Gasteiger partial charge < -0.3 is 9.64 Å². The SMILES string of the molecule is CCN1CCC(OC(=O)C2CCCCC2)N(C)C1=O. The molecule has 1 saturated carbocycles. The van der Waals surface area contributed by atoms with E-state index in [4.69, 9.17) is 4.74 Å². The maximum atomic E-state index is 12.1. The van der Waals surface area contributed by atoms with Gasteiger partial charge in [-0.15, -0.1) is 0 Å². The van der Waals surface area contributed by atoms with Gasteiger partial charge in [-0.3, -0.25) is 9.69 Å².